The molecule has 0 aliphatic rings. The molecule has 0 aliphatic carbocycles. The van der Waals surface area contributed by atoms with Gasteiger partial charge in [-0.25, -0.2) is 13.1 Å². The Bertz CT molecular complexity index is 617. The third-order valence-electron chi connectivity index (χ3n) is 2.52. The molecule has 118 valence electrons. The molecule has 0 bridgehead atoms. The molecule has 1 amide bonds. The van der Waals surface area contributed by atoms with E-state index in [0.717, 1.165) is 0 Å². The second kappa shape index (κ2) is 6.34. The van der Waals surface area contributed by atoms with Crippen LogP contribution in [0.4, 0.5) is 0 Å². The van der Waals surface area contributed by atoms with Gasteiger partial charge in [-0.15, -0.1) is 0 Å². The molecule has 0 saturated carbocycles. The van der Waals surface area contributed by atoms with Crippen LogP contribution in [0, 0.1) is 5.41 Å². The highest BCUT2D eigenvalue weighted by Crippen LogP contribution is 2.24. The maximum absolute atomic E-state index is 12.2. The highest BCUT2D eigenvalue weighted by Gasteiger charge is 2.25. The van der Waals surface area contributed by atoms with Crippen LogP contribution in [0.15, 0.2) is 18.2 Å². The van der Waals surface area contributed by atoms with Crippen molar-refractivity contribution >= 4 is 15.9 Å². The summed E-state index contributed by atoms with van der Waals surface area (Å²) in [4.78, 5) is 12.2. The molecule has 0 spiro atoms. The number of rotatable bonds is 5. The average molecular weight is 315 g/mol. The smallest absolute Gasteiger partial charge is 0.268 e. The highest BCUT2D eigenvalue weighted by molar-refractivity contribution is 7.90. The zero-order valence-electron chi connectivity index (χ0n) is 12.9. The van der Waals surface area contributed by atoms with Crippen molar-refractivity contribution in [1.82, 2.24) is 4.72 Å². The molecule has 1 rings (SSSR count). The van der Waals surface area contributed by atoms with Gasteiger partial charge in [0.05, 0.1) is 25.5 Å². The Labute approximate surface area is 125 Å². The molecule has 0 unspecified atom stereocenters. The first-order valence-corrected chi connectivity index (χ1v) is 8.00. The van der Waals surface area contributed by atoms with Crippen LogP contribution in [0.1, 0.15) is 31.1 Å². The van der Waals surface area contributed by atoms with Gasteiger partial charge in [-0.1, -0.05) is 20.8 Å². The Morgan fingerprint density at radius 2 is 1.81 bits per heavy atom. The van der Waals surface area contributed by atoms with Crippen molar-refractivity contribution in [3.05, 3.63) is 23.8 Å². The zero-order chi connectivity index (χ0) is 16.3. The van der Waals surface area contributed by atoms with Crippen LogP contribution in [0.5, 0.6) is 11.5 Å². The molecular formula is C14H21NO5S. The summed E-state index contributed by atoms with van der Waals surface area (Å²) in [6, 6.07) is 4.60. The topological polar surface area (TPSA) is 81.7 Å². The van der Waals surface area contributed by atoms with E-state index in [1.54, 1.807) is 32.9 Å². The number of sulfonamides is 1. The molecule has 0 fully saturated rings. The van der Waals surface area contributed by atoms with Crippen LogP contribution >= 0.6 is 0 Å². The summed E-state index contributed by atoms with van der Waals surface area (Å²) < 4.78 is 36.1. The van der Waals surface area contributed by atoms with E-state index >= 15 is 0 Å². The number of ether oxygens (including phenoxy) is 2. The molecule has 1 aromatic rings. The lowest BCUT2D eigenvalue weighted by Gasteiger charge is -2.18. The van der Waals surface area contributed by atoms with E-state index in [1.165, 1.54) is 20.3 Å². The Hall–Kier alpha value is -1.76. The molecule has 21 heavy (non-hydrogen) atoms. The van der Waals surface area contributed by atoms with Gasteiger partial charge in [-0.3, -0.25) is 4.79 Å². The number of hydrogen-bond acceptors (Lipinski definition) is 5. The van der Waals surface area contributed by atoms with Crippen molar-refractivity contribution in [1.29, 1.82) is 0 Å². The lowest BCUT2D eigenvalue weighted by molar-refractivity contribution is 0.0978. The van der Waals surface area contributed by atoms with Gasteiger partial charge >= 0.3 is 0 Å². The van der Waals surface area contributed by atoms with Gasteiger partial charge in [0.25, 0.3) is 5.91 Å². The second-order valence-corrected chi connectivity index (χ2v) is 7.54. The van der Waals surface area contributed by atoms with Crippen molar-refractivity contribution in [3.63, 3.8) is 0 Å². The van der Waals surface area contributed by atoms with Gasteiger partial charge in [-0.05, 0) is 23.6 Å². The fourth-order valence-corrected chi connectivity index (χ4v) is 3.40. The van der Waals surface area contributed by atoms with Crippen molar-refractivity contribution in [3.8, 4) is 11.5 Å². The Morgan fingerprint density at radius 3 is 2.29 bits per heavy atom. The van der Waals surface area contributed by atoms with E-state index < -0.39 is 21.3 Å². The monoisotopic (exact) mass is 315 g/mol. The van der Waals surface area contributed by atoms with Crippen LogP contribution in [-0.4, -0.2) is 34.3 Å². The maximum Gasteiger partial charge on any atom is 0.268 e. The van der Waals surface area contributed by atoms with Crippen molar-refractivity contribution in [2.24, 2.45) is 5.41 Å². The summed E-state index contributed by atoms with van der Waals surface area (Å²) in [5.74, 6) is -0.179. The summed E-state index contributed by atoms with van der Waals surface area (Å²) in [5, 5.41) is 0. The molecule has 0 saturated heterocycles. The van der Waals surface area contributed by atoms with E-state index in [9.17, 15) is 13.2 Å². The molecule has 0 heterocycles. The minimum Gasteiger partial charge on any atom is -0.497 e. The van der Waals surface area contributed by atoms with Crippen LogP contribution in [0.25, 0.3) is 0 Å². The van der Waals surface area contributed by atoms with Gasteiger partial charge in [0.1, 0.15) is 11.5 Å². The van der Waals surface area contributed by atoms with Gasteiger partial charge in [-0.2, -0.15) is 0 Å². The molecule has 6 nitrogen and oxygen atoms in total. The van der Waals surface area contributed by atoms with Gasteiger partial charge in [0.15, 0.2) is 0 Å². The molecule has 0 aromatic heterocycles. The van der Waals surface area contributed by atoms with E-state index in [2.05, 4.69) is 4.72 Å². The molecule has 0 aliphatic heterocycles. The predicted molar refractivity (Wildman–Crippen MR) is 80.3 cm³/mol. The van der Waals surface area contributed by atoms with Crippen LogP contribution < -0.4 is 14.2 Å². The predicted octanol–water partition coefficient (Wildman–Crippen LogP) is 1.81. The molecule has 0 radical (unpaired) electrons. The minimum atomic E-state index is -3.73. The number of nitrogens with one attached hydrogen (secondary N) is 1. The number of methoxy groups -OCH3 is 2. The highest BCUT2D eigenvalue weighted by atomic mass is 32.2. The Kier molecular flexibility index (Phi) is 5.22. The van der Waals surface area contributed by atoms with E-state index in [0.29, 0.717) is 5.75 Å². The zero-order valence-corrected chi connectivity index (χ0v) is 13.7. The van der Waals surface area contributed by atoms with Gasteiger partial charge in [0, 0.05) is 0 Å². The molecular weight excluding hydrogens is 294 g/mol. The largest absolute Gasteiger partial charge is 0.497 e. The number of carbonyl (C=O) groups is 1. The molecule has 7 heteroatoms. The van der Waals surface area contributed by atoms with Crippen LogP contribution in [0.3, 0.4) is 0 Å². The van der Waals surface area contributed by atoms with Crippen LogP contribution in [0.2, 0.25) is 0 Å². The molecule has 1 N–H and O–H groups in total. The number of carbonyl (C=O) groups excluding carboxylic acids is 1. The number of amides is 1. The summed E-state index contributed by atoms with van der Waals surface area (Å²) in [7, 11) is -0.864. The lowest BCUT2D eigenvalue weighted by Crippen LogP contribution is -2.36. The average Bonchev–Trinajstić information content (AvgIpc) is 2.34. The fourth-order valence-electron chi connectivity index (χ4n) is 1.79. The van der Waals surface area contributed by atoms with Gasteiger partial charge < -0.3 is 9.47 Å². The van der Waals surface area contributed by atoms with E-state index in [4.69, 9.17) is 9.47 Å². The fraction of sp³-hybridized carbons (Fsp3) is 0.500. The summed E-state index contributed by atoms with van der Waals surface area (Å²) in [6.45, 7) is 5.34. The maximum atomic E-state index is 12.2. The second-order valence-electron chi connectivity index (χ2n) is 5.82. The first-order valence-electron chi connectivity index (χ1n) is 6.35. The third kappa shape index (κ3) is 5.26. The number of hydrogen-bond donors (Lipinski definition) is 1. The van der Waals surface area contributed by atoms with Gasteiger partial charge in [0.2, 0.25) is 10.0 Å². The summed E-state index contributed by atoms with van der Waals surface area (Å²) in [5.41, 5.74) is -0.348. The SMILES string of the molecule is COc1ccc(OC)c(C(=O)NS(=O)(=O)CC(C)(C)C)c1. The normalized spacial score (nSPS) is 11.9. The lowest BCUT2D eigenvalue weighted by atomic mass is 10.0. The minimum absolute atomic E-state index is 0.106. The summed E-state index contributed by atoms with van der Waals surface area (Å²) in [6.07, 6.45) is 0. The number of benzene rings is 1. The third-order valence-corrected chi connectivity index (χ3v) is 4.26. The van der Waals surface area contributed by atoms with Crippen molar-refractivity contribution < 1.29 is 22.7 Å². The standard InChI is InChI=1S/C14H21NO5S/c1-14(2,3)9-21(17,18)15-13(16)11-8-10(19-4)6-7-12(11)20-5/h6-8H,9H2,1-5H3,(H,15,16). The van der Waals surface area contributed by atoms with E-state index in [-0.39, 0.29) is 17.1 Å². The Balaban J connectivity index is 3.04. The van der Waals surface area contributed by atoms with Crippen molar-refractivity contribution in [2.75, 3.05) is 20.0 Å². The Morgan fingerprint density at radius 1 is 1.19 bits per heavy atom. The van der Waals surface area contributed by atoms with Crippen molar-refractivity contribution in [2.45, 2.75) is 20.8 Å². The molecule has 0 atom stereocenters. The molecule has 1 aromatic carbocycles. The van der Waals surface area contributed by atoms with E-state index in [1.807, 2.05) is 0 Å². The van der Waals surface area contributed by atoms with Crippen LogP contribution in [-0.2, 0) is 10.0 Å². The summed E-state index contributed by atoms with van der Waals surface area (Å²) >= 11 is 0. The quantitative estimate of drug-likeness (QED) is 0.896. The first kappa shape index (κ1) is 17.3. The first-order chi connectivity index (χ1) is 9.58.